The number of nitrogens with zero attached hydrogens (tertiary/aromatic N) is 3. The Kier molecular flexibility index (Phi) is 5.63. The highest BCUT2D eigenvalue weighted by molar-refractivity contribution is 6.00. The van der Waals surface area contributed by atoms with Gasteiger partial charge in [-0.25, -0.2) is 0 Å². The van der Waals surface area contributed by atoms with Crippen molar-refractivity contribution in [2.45, 2.75) is 40.2 Å². The van der Waals surface area contributed by atoms with Crippen molar-refractivity contribution in [3.05, 3.63) is 46.8 Å². The number of likely N-dealkylation sites (tertiary alicyclic amines) is 1. The maximum absolute atomic E-state index is 13.1. The van der Waals surface area contributed by atoms with E-state index in [-0.39, 0.29) is 17.6 Å². The molecule has 1 fully saturated rings. The van der Waals surface area contributed by atoms with E-state index in [2.05, 4.69) is 5.10 Å². The summed E-state index contributed by atoms with van der Waals surface area (Å²) in [6.45, 7) is 7.56. The lowest BCUT2D eigenvalue weighted by Gasteiger charge is -2.32. The normalized spacial score (nSPS) is 17.0. The fraction of sp³-hybridized carbons (Fsp3) is 0.476. The molecule has 1 aromatic heterocycles. The fourth-order valence-electron chi connectivity index (χ4n) is 3.76. The lowest BCUT2D eigenvalue weighted by Crippen LogP contribution is -2.43. The minimum atomic E-state index is -0.172. The predicted octanol–water partition coefficient (Wildman–Crippen LogP) is 3.26. The Hall–Kier alpha value is -2.63. The number of carbonyl (C=O) groups excluding carboxylic acids is 2. The van der Waals surface area contributed by atoms with Crippen molar-refractivity contribution in [3.8, 4) is 5.75 Å². The Balaban J connectivity index is 1.77. The van der Waals surface area contributed by atoms with Crippen LogP contribution in [0, 0.1) is 19.8 Å². The summed E-state index contributed by atoms with van der Waals surface area (Å²) in [5.41, 5.74) is 3.05. The molecule has 144 valence electrons. The molecule has 1 amide bonds. The molecule has 1 saturated heterocycles. The number of benzene rings is 1. The van der Waals surface area contributed by atoms with Crippen molar-refractivity contribution in [1.82, 2.24) is 14.7 Å². The van der Waals surface area contributed by atoms with Gasteiger partial charge in [0.15, 0.2) is 5.78 Å². The molecule has 2 aromatic rings. The molecular weight excluding hydrogens is 342 g/mol. The molecule has 6 nitrogen and oxygen atoms in total. The maximum Gasteiger partial charge on any atom is 0.272 e. The van der Waals surface area contributed by atoms with Gasteiger partial charge < -0.3 is 9.64 Å². The number of amides is 1. The third-order valence-corrected chi connectivity index (χ3v) is 5.20. The van der Waals surface area contributed by atoms with E-state index < -0.39 is 0 Å². The molecule has 1 aromatic carbocycles. The van der Waals surface area contributed by atoms with Gasteiger partial charge in [-0.15, -0.1) is 0 Å². The molecule has 0 spiro atoms. The van der Waals surface area contributed by atoms with Crippen LogP contribution in [0.1, 0.15) is 51.9 Å². The largest absolute Gasteiger partial charge is 0.497 e. The lowest BCUT2D eigenvalue weighted by atomic mass is 9.88. The Morgan fingerprint density at radius 1 is 1.26 bits per heavy atom. The highest BCUT2D eigenvalue weighted by atomic mass is 16.5. The van der Waals surface area contributed by atoms with Crippen LogP contribution in [-0.4, -0.2) is 46.6 Å². The van der Waals surface area contributed by atoms with E-state index in [1.165, 1.54) is 0 Å². The third-order valence-electron chi connectivity index (χ3n) is 5.20. The molecule has 0 aliphatic carbocycles. The van der Waals surface area contributed by atoms with Gasteiger partial charge in [0.1, 0.15) is 11.4 Å². The molecule has 1 aliphatic heterocycles. The van der Waals surface area contributed by atoms with Gasteiger partial charge in [0.2, 0.25) is 0 Å². The molecule has 27 heavy (non-hydrogen) atoms. The molecule has 0 saturated carbocycles. The summed E-state index contributed by atoms with van der Waals surface area (Å²) < 4.78 is 6.96. The highest BCUT2D eigenvalue weighted by Gasteiger charge is 2.31. The molecule has 0 bridgehead atoms. The van der Waals surface area contributed by atoms with Crippen molar-refractivity contribution >= 4 is 11.7 Å². The van der Waals surface area contributed by atoms with Gasteiger partial charge in [-0.1, -0.05) is 0 Å². The predicted molar refractivity (Wildman–Crippen MR) is 103 cm³/mol. The summed E-state index contributed by atoms with van der Waals surface area (Å²) in [5, 5.41) is 4.37. The first-order chi connectivity index (χ1) is 12.9. The number of carbonyl (C=O) groups is 2. The average molecular weight is 369 g/mol. The van der Waals surface area contributed by atoms with E-state index in [9.17, 15) is 9.59 Å². The minimum Gasteiger partial charge on any atom is -0.497 e. The zero-order valence-electron chi connectivity index (χ0n) is 16.5. The first-order valence-corrected chi connectivity index (χ1v) is 9.47. The topological polar surface area (TPSA) is 64.4 Å². The van der Waals surface area contributed by atoms with Crippen LogP contribution in [-0.2, 0) is 6.54 Å². The van der Waals surface area contributed by atoms with Crippen LogP contribution >= 0.6 is 0 Å². The summed E-state index contributed by atoms with van der Waals surface area (Å²) in [5.74, 6) is 0.635. The molecule has 0 radical (unpaired) electrons. The van der Waals surface area contributed by atoms with Crippen LogP contribution in [0.3, 0.4) is 0 Å². The van der Waals surface area contributed by atoms with Crippen molar-refractivity contribution in [1.29, 1.82) is 0 Å². The molecule has 1 aliphatic rings. The van der Waals surface area contributed by atoms with E-state index in [4.69, 9.17) is 4.74 Å². The van der Waals surface area contributed by atoms with Gasteiger partial charge in [-0.2, -0.15) is 5.10 Å². The van der Waals surface area contributed by atoms with Crippen LogP contribution < -0.4 is 4.74 Å². The van der Waals surface area contributed by atoms with E-state index >= 15 is 0 Å². The van der Waals surface area contributed by atoms with Crippen LogP contribution in [0.4, 0.5) is 0 Å². The van der Waals surface area contributed by atoms with Crippen LogP contribution in [0.5, 0.6) is 5.75 Å². The van der Waals surface area contributed by atoms with Crippen LogP contribution in [0.15, 0.2) is 24.3 Å². The lowest BCUT2D eigenvalue weighted by molar-refractivity contribution is 0.0627. The highest BCUT2D eigenvalue weighted by Crippen LogP contribution is 2.25. The standard InChI is InChI=1S/C21H27N3O3/c1-5-24-19(12-15(3)22-24)21(26)23-10-6-7-16(13-23)20(25)18-9-8-17(27-4)11-14(18)2/h8-9,11-12,16H,5-7,10,13H2,1-4H3/t16-/m1/s1. The summed E-state index contributed by atoms with van der Waals surface area (Å²) in [6, 6.07) is 7.34. The Labute approximate surface area is 160 Å². The minimum absolute atomic E-state index is 0.0404. The second-order valence-electron chi connectivity index (χ2n) is 7.12. The van der Waals surface area contributed by atoms with Crippen molar-refractivity contribution in [3.63, 3.8) is 0 Å². The second-order valence-corrected chi connectivity index (χ2v) is 7.12. The summed E-state index contributed by atoms with van der Waals surface area (Å²) in [4.78, 5) is 27.8. The molecule has 3 rings (SSSR count). The quantitative estimate of drug-likeness (QED) is 0.759. The number of methoxy groups -OCH3 is 1. The molecule has 1 atom stereocenters. The number of hydrogen-bond donors (Lipinski definition) is 0. The SMILES string of the molecule is CCn1nc(C)cc1C(=O)N1CCC[C@@H](C(=O)c2ccc(OC)cc2C)C1. The first kappa shape index (κ1) is 19.1. The van der Waals surface area contributed by atoms with E-state index in [0.29, 0.717) is 30.9 Å². The number of rotatable bonds is 5. The zero-order chi connectivity index (χ0) is 19.6. The maximum atomic E-state index is 13.1. The number of ether oxygens (including phenoxy) is 1. The Morgan fingerprint density at radius 3 is 2.70 bits per heavy atom. The third kappa shape index (κ3) is 3.89. The van der Waals surface area contributed by atoms with Crippen molar-refractivity contribution in [2.24, 2.45) is 5.92 Å². The number of piperidine rings is 1. The molecule has 6 heteroatoms. The van der Waals surface area contributed by atoms with Gasteiger partial charge in [-0.05, 0) is 63.4 Å². The summed E-state index contributed by atoms with van der Waals surface area (Å²) in [6.07, 6.45) is 1.64. The fourth-order valence-corrected chi connectivity index (χ4v) is 3.76. The number of aromatic nitrogens is 2. The van der Waals surface area contributed by atoms with Crippen LogP contribution in [0.25, 0.3) is 0 Å². The summed E-state index contributed by atoms with van der Waals surface area (Å²) in [7, 11) is 1.61. The molecule has 0 unspecified atom stereocenters. The monoisotopic (exact) mass is 369 g/mol. The van der Waals surface area contributed by atoms with Gasteiger partial charge in [0, 0.05) is 31.1 Å². The van der Waals surface area contributed by atoms with Gasteiger partial charge in [0.05, 0.1) is 12.8 Å². The zero-order valence-corrected chi connectivity index (χ0v) is 16.5. The summed E-state index contributed by atoms with van der Waals surface area (Å²) >= 11 is 0. The second kappa shape index (κ2) is 7.94. The Bertz CT molecular complexity index is 856. The van der Waals surface area contributed by atoms with Crippen molar-refractivity contribution in [2.75, 3.05) is 20.2 Å². The van der Waals surface area contributed by atoms with E-state index in [0.717, 1.165) is 29.8 Å². The number of Topliss-reactive ketones (excluding diaryl/α,β-unsaturated/α-hetero) is 1. The van der Waals surface area contributed by atoms with E-state index in [1.807, 2.05) is 45.0 Å². The molecule has 0 N–H and O–H groups in total. The van der Waals surface area contributed by atoms with Gasteiger partial charge in [-0.3, -0.25) is 14.3 Å². The van der Waals surface area contributed by atoms with Crippen molar-refractivity contribution < 1.29 is 14.3 Å². The average Bonchev–Trinajstić information content (AvgIpc) is 3.07. The van der Waals surface area contributed by atoms with Gasteiger partial charge >= 0.3 is 0 Å². The first-order valence-electron chi connectivity index (χ1n) is 9.47. The molecule has 2 heterocycles. The number of hydrogen-bond acceptors (Lipinski definition) is 4. The van der Waals surface area contributed by atoms with E-state index in [1.54, 1.807) is 16.7 Å². The number of aryl methyl sites for hydroxylation is 3. The van der Waals surface area contributed by atoms with Crippen LogP contribution in [0.2, 0.25) is 0 Å². The Morgan fingerprint density at radius 2 is 2.04 bits per heavy atom. The number of ketones is 1. The van der Waals surface area contributed by atoms with Gasteiger partial charge in [0.25, 0.3) is 5.91 Å². The molecular formula is C21H27N3O3. The smallest absolute Gasteiger partial charge is 0.272 e.